The van der Waals surface area contributed by atoms with Gasteiger partial charge in [-0.3, -0.25) is 14.6 Å². The maximum absolute atomic E-state index is 13.5. The fraction of sp³-hybridized carbons (Fsp3) is 0.391. The SMILES string of the molecule is COc1ccc(OC)c2sc(N(CCN3CCOCC3)C(=O)c3ccc(C(F)(F)F)cc3)nc12. The second-order valence-corrected chi connectivity index (χ2v) is 8.61. The van der Waals surface area contributed by atoms with Crippen LogP contribution in [0.3, 0.4) is 0 Å². The molecule has 0 aliphatic carbocycles. The predicted octanol–water partition coefficient (Wildman–Crippen LogP) is 4.31. The van der Waals surface area contributed by atoms with Gasteiger partial charge in [0.05, 0.1) is 33.0 Å². The van der Waals surface area contributed by atoms with Crippen molar-refractivity contribution < 1.29 is 32.2 Å². The fourth-order valence-corrected chi connectivity index (χ4v) is 4.80. The molecule has 1 aromatic heterocycles. The van der Waals surface area contributed by atoms with Crippen LogP contribution < -0.4 is 14.4 Å². The van der Waals surface area contributed by atoms with Gasteiger partial charge in [0.15, 0.2) is 5.13 Å². The summed E-state index contributed by atoms with van der Waals surface area (Å²) in [6.07, 6.45) is -4.47. The minimum absolute atomic E-state index is 0.146. The number of hydrogen-bond acceptors (Lipinski definition) is 7. The number of fused-ring (bicyclic) bond motifs is 1. The maximum Gasteiger partial charge on any atom is 0.416 e. The zero-order valence-electron chi connectivity index (χ0n) is 18.7. The van der Waals surface area contributed by atoms with Crippen molar-refractivity contribution in [3.8, 4) is 11.5 Å². The summed E-state index contributed by atoms with van der Waals surface area (Å²) in [5.41, 5.74) is -0.106. The molecule has 1 saturated heterocycles. The van der Waals surface area contributed by atoms with Gasteiger partial charge in [-0.25, -0.2) is 4.98 Å². The molecule has 1 aliphatic heterocycles. The van der Waals surface area contributed by atoms with Gasteiger partial charge in [-0.2, -0.15) is 13.2 Å². The van der Waals surface area contributed by atoms with Crippen molar-refractivity contribution in [2.75, 3.05) is 58.5 Å². The van der Waals surface area contributed by atoms with Crippen molar-refractivity contribution in [1.82, 2.24) is 9.88 Å². The van der Waals surface area contributed by atoms with Crippen LogP contribution in [0.2, 0.25) is 0 Å². The highest BCUT2D eigenvalue weighted by Gasteiger charge is 2.31. The third-order valence-corrected chi connectivity index (χ3v) is 6.67. The van der Waals surface area contributed by atoms with E-state index in [2.05, 4.69) is 9.88 Å². The number of anilines is 1. The Bertz CT molecular complexity index is 1100. The van der Waals surface area contributed by atoms with Crippen LogP contribution in [0.25, 0.3) is 10.2 Å². The van der Waals surface area contributed by atoms with Crippen molar-refractivity contribution in [3.63, 3.8) is 0 Å². The molecule has 1 fully saturated rings. The molecule has 3 aromatic rings. The van der Waals surface area contributed by atoms with Crippen molar-refractivity contribution in [2.45, 2.75) is 6.18 Å². The molecule has 0 radical (unpaired) electrons. The molecule has 1 aliphatic rings. The number of nitrogens with zero attached hydrogens (tertiary/aromatic N) is 3. The van der Waals surface area contributed by atoms with Crippen LogP contribution in [0, 0.1) is 0 Å². The average Bonchev–Trinajstić information content (AvgIpc) is 3.29. The zero-order chi connectivity index (χ0) is 24.3. The molecule has 0 unspecified atom stereocenters. The summed E-state index contributed by atoms with van der Waals surface area (Å²) in [6, 6.07) is 7.72. The second-order valence-electron chi connectivity index (χ2n) is 7.63. The lowest BCUT2D eigenvalue weighted by molar-refractivity contribution is -0.137. The largest absolute Gasteiger partial charge is 0.495 e. The Morgan fingerprint density at radius 2 is 1.74 bits per heavy atom. The number of benzene rings is 2. The lowest BCUT2D eigenvalue weighted by Gasteiger charge is -2.29. The van der Waals surface area contributed by atoms with Gasteiger partial charge in [0, 0.05) is 31.7 Å². The van der Waals surface area contributed by atoms with Gasteiger partial charge in [-0.05, 0) is 36.4 Å². The van der Waals surface area contributed by atoms with Crippen LogP contribution in [0.5, 0.6) is 11.5 Å². The molecule has 0 N–H and O–H groups in total. The van der Waals surface area contributed by atoms with Crippen molar-refractivity contribution in [1.29, 1.82) is 0 Å². The van der Waals surface area contributed by atoms with Crippen LogP contribution in [-0.2, 0) is 10.9 Å². The molecule has 11 heteroatoms. The summed E-state index contributed by atoms with van der Waals surface area (Å²) in [6.45, 7) is 3.59. The first-order valence-electron chi connectivity index (χ1n) is 10.6. The summed E-state index contributed by atoms with van der Waals surface area (Å²) in [4.78, 5) is 21.8. The number of amides is 1. The monoisotopic (exact) mass is 495 g/mol. The van der Waals surface area contributed by atoms with E-state index in [1.54, 1.807) is 19.2 Å². The summed E-state index contributed by atoms with van der Waals surface area (Å²) in [7, 11) is 3.08. The molecule has 2 heterocycles. The van der Waals surface area contributed by atoms with Crippen molar-refractivity contribution >= 4 is 32.6 Å². The van der Waals surface area contributed by atoms with E-state index in [4.69, 9.17) is 14.2 Å². The van der Waals surface area contributed by atoms with E-state index in [9.17, 15) is 18.0 Å². The lowest BCUT2D eigenvalue weighted by Crippen LogP contribution is -2.43. The predicted molar refractivity (Wildman–Crippen MR) is 123 cm³/mol. The smallest absolute Gasteiger partial charge is 0.416 e. The van der Waals surface area contributed by atoms with E-state index >= 15 is 0 Å². The Labute approximate surface area is 198 Å². The Balaban J connectivity index is 1.69. The highest BCUT2D eigenvalue weighted by molar-refractivity contribution is 7.22. The van der Waals surface area contributed by atoms with Gasteiger partial charge in [-0.1, -0.05) is 11.3 Å². The Kier molecular flexibility index (Phi) is 7.24. The molecule has 182 valence electrons. The van der Waals surface area contributed by atoms with Crippen molar-refractivity contribution in [2.24, 2.45) is 0 Å². The minimum atomic E-state index is -4.47. The van der Waals surface area contributed by atoms with Gasteiger partial charge in [0.25, 0.3) is 5.91 Å². The number of morpholine rings is 1. The fourth-order valence-electron chi connectivity index (χ4n) is 3.70. The van der Waals surface area contributed by atoms with E-state index in [0.717, 1.165) is 25.2 Å². The molecule has 1 amide bonds. The molecule has 0 bridgehead atoms. The molecule has 0 saturated carbocycles. The number of carbonyl (C=O) groups excluding carboxylic acids is 1. The number of alkyl halides is 3. The van der Waals surface area contributed by atoms with Gasteiger partial charge >= 0.3 is 6.18 Å². The highest BCUT2D eigenvalue weighted by Crippen LogP contribution is 2.40. The summed E-state index contributed by atoms with van der Waals surface area (Å²) >= 11 is 1.27. The van der Waals surface area contributed by atoms with Crippen LogP contribution in [0.4, 0.5) is 18.3 Å². The summed E-state index contributed by atoms with van der Waals surface area (Å²) in [5, 5.41) is 0.413. The van der Waals surface area contributed by atoms with E-state index in [1.807, 2.05) is 0 Å². The first-order chi connectivity index (χ1) is 16.3. The lowest BCUT2D eigenvalue weighted by atomic mass is 10.1. The first-order valence-corrected chi connectivity index (χ1v) is 11.4. The van der Waals surface area contributed by atoms with E-state index in [-0.39, 0.29) is 5.56 Å². The van der Waals surface area contributed by atoms with Crippen LogP contribution >= 0.6 is 11.3 Å². The molecule has 4 rings (SSSR count). The molecular formula is C23H24F3N3O4S. The Hall–Kier alpha value is -2.89. The van der Waals surface area contributed by atoms with E-state index in [0.29, 0.717) is 53.2 Å². The van der Waals surface area contributed by atoms with Gasteiger partial charge < -0.3 is 14.2 Å². The number of carbonyl (C=O) groups is 1. The topological polar surface area (TPSA) is 64.1 Å². The number of rotatable bonds is 7. The molecule has 2 aromatic carbocycles. The number of thiazole rings is 1. The maximum atomic E-state index is 13.5. The van der Waals surface area contributed by atoms with Crippen molar-refractivity contribution in [3.05, 3.63) is 47.5 Å². The number of halogens is 3. The molecule has 0 atom stereocenters. The average molecular weight is 496 g/mol. The highest BCUT2D eigenvalue weighted by atomic mass is 32.1. The van der Waals surface area contributed by atoms with Crippen LogP contribution in [0.15, 0.2) is 36.4 Å². The van der Waals surface area contributed by atoms with Gasteiger partial charge in [0.2, 0.25) is 0 Å². The van der Waals surface area contributed by atoms with Crippen LogP contribution in [-0.4, -0.2) is 69.4 Å². The first kappa shape index (κ1) is 24.2. The summed E-state index contributed by atoms with van der Waals surface area (Å²) in [5.74, 6) is 0.696. The minimum Gasteiger partial charge on any atom is -0.495 e. The summed E-state index contributed by atoms with van der Waals surface area (Å²) < 4.78 is 55.9. The molecular weight excluding hydrogens is 471 g/mol. The van der Waals surface area contributed by atoms with Gasteiger partial charge in [0.1, 0.15) is 21.7 Å². The normalized spacial score (nSPS) is 14.9. The standard InChI is InChI=1S/C23H24F3N3O4S/c1-31-17-7-8-18(32-2)20-19(17)27-22(34-20)29(10-9-28-11-13-33-14-12-28)21(30)15-3-5-16(6-4-15)23(24,25)26/h3-8H,9-14H2,1-2H3. The number of aromatic nitrogens is 1. The third-order valence-electron chi connectivity index (χ3n) is 5.58. The van der Waals surface area contributed by atoms with Gasteiger partial charge in [-0.15, -0.1) is 0 Å². The quantitative estimate of drug-likeness (QED) is 0.487. The molecule has 7 nitrogen and oxygen atoms in total. The Morgan fingerprint density at radius 1 is 1.09 bits per heavy atom. The van der Waals surface area contributed by atoms with E-state index in [1.165, 1.54) is 35.5 Å². The number of ether oxygens (including phenoxy) is 3. The molecule has 0 spiro atoms. The zero-order valence-corrected chi connectivity index (χ0v) is 19.5. The number of methoxy groups -OCH3 is 2. The number of hydrogen-bond donors (Lipinski definition) is 0. The third kappa shape index (κ3) is 5.11. The second kappa shape index (κ2) is 10.2. The molecule has 34 heavy (non-hydrogen) atoms. The van der Waals surface area contributed by atoms with E-state index < -0.39 is 17.6 Å². The van der Waals surface area contributed by atoms with Crippen LogP contribution in [0.1, 0.15) is 15.9 Å². The Morgan fingerprint density at radius 3 is 2.35 bits per heavy atom.